The van der Waals surface area contributed by atoms with Gasteiger partial charge in [0.1, 0.15) is 0 Å². The zero-order valence-corrected chi connectivity index (χ0v) is 16.5. The summed E-state index contributed by atoms with van der Waals surface area (Å²) >= 11 is 0. The Hall–Kier alpha value is -2.41. The quantitative estimate of drug-likeness (QED) is 0.475. The van der Waals surface area contributed by atoms with E-state index in [1.54, 1.807) is 12.1 Å². The second kappa shape index (κ2) is 7.20. The van der Waals surface area contributed by atoms with E-state index in [-0.39, 0.29) is 28.0 Å². The van der Waals surface area contributed by atoms with Crippen molar-refractivity contribution < 1.29 is 14.5 Å². The molecule has 2 aromatic rings. The Bertz CT molecular complexity index is 922. The molecule has 28 heavy (non-hydrogen) atoms. The minimum atomic E-state index is -0.284. The van der Waals surface area contributed by atoms with Crippen molar-refractivity contribution in [2.75, 3.05) is 20.2 Å². The summed E-state index contributed by atoms with van der Waals surface area (Å²) in [5.74, 6) is -0.173. The van der Waals surface area contributed by atoms with Crippen LogP contribution < -0.4 is 0 Å². The second-order valence-electron chi connectivity index (χ2n) is 8.06. The van der Waals surface area contributed by atoms with Crippen molar-refractivity contribution >= 4 is 22.6 Å². The molecule has 1 unspecified atom stereocenters. The van der Waals surface area contributed by atoms with Crippen LogP contribution in [0.4, 0.5) is 5.69 Å². The third kappa shape index (κ3) is 2.89. The molecule has 0 bridgehead atoms. The van der Waals surface area contributed by atoms with Gasteiger partial charge in [-0.05, 0) is 55.7 Å². The van der Waals surface area contributed by atoms with E-state index in [4.69, 9.17) is 4.74 Å². The van der Waals surface area contributed by atoms with Gasteiger partial charge in [-0.3, -0.25) is 19.8 Å². The van der Waals surface area contributed by atoms with Gasteiger partial charge in [0, 0.05) is 24.7 Å². The molecule has 4 rings (SSSR count). The highest BCUT2D eigenvalue weighted by atomic mass is 16.6. The highest BCUT2D eigenvalue weighted by Gasteiger charge is 2.47. The molecule has 7 nitrogen and oxygen atoms in total. The first-order valence-corrected chi connectivity index (χ1v) is 10.1. The number of aromatic amines is 1. The van der Waals surface area contributed by atoms with Gasteiger partial charge < -0.3 is 9.72 Å². The van der Waals surface area contributed by atoms with E-state index in [0.29, 0.717) is 6.42 Å². The van der Waals surface area contributed by atoms with Crippen LogP contribution in [0.2, 0.25) is 0 Å². The van der Waals surface area contributed by atoms with E-state index in [0.717, 1.165) is 67.4 Å². The summed E-state index contributed by atoms with van der Waals surface area (Å²) in [6, 6.07) is 5.42. The van der Waals surface area contributed by atoms with E-state index in [9.17, 15) is 14.9 Å². The summed E-state index contributed by atoms with van der Waals surface area (Å²) in [7, 11) is 1.43. The van der Waals surface area contributed by atoms with E-state index in [1.807, 2.05) is 6.07 Å². The number of piperidine rings is 1. The molecular weight excluding hydrogens is 358 g/mol. The molecule has 0 aliphatic carbocycles. The fourth-order valence-corrected chi connectivity index (χ4v) is 5.50. The molecule has 1 aromatic heterocycles. The number of nitro benzene ring substituents is 1. The van der Waals surface area contributed by atoms with Gasteiger partial charge in [0.15, 0.2) is 0 Å². The molecular formula is C21H27N3O4. The number of hydrogen-bond acceptors (Lipinski definition) is 5. The smallest absolute Gasteiger partial charge is 0.305 e. The van der Waals surface area contributed by atoms with Gasteiger partial charge in [0.2, 0.25) is 0 Å². The highest BCUT2D eigenvalue weighted by molar-refractivity contribution is 5.93. The number of non-ortho nitro benzene ring substituents is 1. The summed E-state index contributed by atoms with van der Waals surface area (Å²) in [4.78, 5) is 29.2. The molecule has 1 saturated heterocycles. The number of H-pyrrole nitrogens is 1. The Labute approximate surface area is 164 Å². The summed E-state index contributed by atoms with van der Waals surface area (Å²) in [5.41, 5.74) is 3.18. The van der Waals surface area contributed by atoms with Gasteiger partial charge in [-0.2, -0.15) is 0 Å². The molecule has 0 radical (unpaired) electrons. The van der Waals surface area contributed by atoms with Crippen LogP contribution in [0.25, 0.3) is 10.9 Å². The molecule has 0 amide bonds. The number of ether oxygens (including phenoxy) is 1. The van der Waals surface area contributed by atoms with E-state index in [2.05, 4.69) is 16.8 Å². The molecule has 2 atom stereocenters. The van der Waals surface area contributed by atoms with Gasteiger partial charge in [0.25, 0.3) is 5.69 Å². The normalized spacial score (nSPS) is 24.6. The maximum Gasteiger partial charge on any atom is 0.305 e. The Balaban J connectivity index is 1.83. The molecule has 1 aromatic carbocycles. The predicted octanol–water partition coefficient (Wildman–Crippen LogP) is 4.12. The number of carbonyl (C=O) groups excluding carboxylic acids is 1. The van der Waals surface area contributed by atoms with Crippen molar-refractivity contribution in [2.24, 2.45) is 5.41 Å². The number of nitro groups is 1. The first-order valence-electron chi connectivity index (χ1n) is 10.1. The van der Waals surface area contributed by atoms with Crippen LogP contribution in [-0.2, 0) is 16.0 Å². The molecule has 0 spiro atoms. The average molecular weight is 385 g/mol. The van der Waals surface area contributed by atoms with Crippen LogP contribution >= 0.6 is 0 Å². The maximum atomic E-state index is 11.9. The van der Waals surface area contributed by atoms with Crippen LogP contribution in [0.15, 0.2) is 18.2 Å². The monoisotopic (exact) mass is 385 g/mol. The van der Waals surface area contributed by atoms with Crippen molar-refractivity contribution in [2.45, 2.75) is 51.5 Å². The van der Waals surface area contributed by atoms with Gasteiger partial charge in [-0.15, -0.1) is 0 Å². The zero-order chi connectivity index (χ0) is 19.9. The molecule has 2 aliphatic rings. The van der Waals surface area contributed by atoms with Gasteiger partial charge in [-0.1, -0.05) is 13.0 Å². The van der Waals surface area contributed by atoms with Gasteiger partial charge in [-0.25, -0.2) is 0 Å². The Morgan fingerprint density at radius 3 is 2.96 bits per heavy atom. The van der Waals surface area contributed by atoms with Crippen molar-refractivity contribution in [3.05, 3.63) is 39.6 Å². The van der Waals surface area contributed by atoms with Crippen LogP contribution in [0.1, 0.15) is 56.3 Å². The Morgan fingerprint density at radius 2 is 2.25 bits per heavy atom. The molecule has 7 heteroatoms. The van der Waals surface area contributed by atoms with Crippen molar-refractivity contribution in [1.82, 2.24) is 9.88 Å². The lowest BCUT2D eigenvalue weighted by atomic mass is 9.65. The zero-order valence-electron chi connectivity index (χ0n) is 16.5. The minimum Gasteiger partial charge on any atom is -0.469 e. The summed E-state index contributed by atoms with van der Waals surface area (Å²) < 4.78 is 4.89. The van der Waals surface area contributed by atoms with Crippen LogP contribution in [0, 0.1) is 15.5 Å². The average Bonchev–Trinajstić information content (AvgIpc) is 3.10. The predicted molar refractivity (Wildman–Crippen MR) is 106 cm³/mol. The first-order chi connectivity index (χ1) is 13.5. The second-order valence-corrected chi connectivity index (χ2v) is 8.06. The SMILES string of the molecule is CC[C@]1(CCC(=O)OC)CCCN2CCc3c([nH]c4cccc([N+](=O)[O-])c34)C21. The number of fused-ring (bicyclic) bond motifs is 5. The first kappa shape index (κ1) is 18.9. The fraction of sp³-hybridized carbons (Fsp3) is 0.571. The van der Waals surface area contributed by atoms with Crippen molar-refractivity contribution in [3.8, 4) is 0 Å². The van der Waals surface area contributed by atoms with E-state index < -0.39 is 0 Å². The largest absolute Gasteiger partial charge is 0.469 e. The molecule has 1 fully saturated rings. The topological polar surface area (TPSA) is 88.5 Å². The lowest BCUT2D eigenvalue weighted by molar-refractivity contribution is -0.383. The number of methoxy groups -OCH3 is 1. The number of aromatic nitrogens is 1. The minimum absolute atomic E-state index is 0.0305. The highest BCUT2D eigenvalue weighted by Crippen LogP contribution is 2.54. The van der Waals surface area contributed by atoms with Crippen molar-refractivity contribution in [1.29, 1.82) is 0 Å². The molecule has 2 aliphatic heterocycles. The number of nitrogens with zero attached hydrogens (tertiary/aromatic N) is 2. The standard InChI is InChI=1S/C21H27N3O4/c1-3-21(11-8-17(25)28-2)10-5-12-23-13-9-14-18-15(22-19(14)20(21)23)6-4-7-16(18)24(26)27/h4,6-7,20,22H,3,5,8-13H2,1-2H3/t20?,21-/m1/s1. The third-order valence-electron chi connectivity index (χ3n) is 6.88. The van der Waals surface area contributed by atoms with Crippen LogP contribution in [0.5, 0.6) is 0 Å². The van der Waals surface area contributed by atoms with Crippen molar-refractivity contribution in [3.63, 3.8) is 0 Å². The summed E-state index contributed by atoms with van der Waals surface area (Å²) in [6.07, 6.45) is 5.12. The maximum absolute atomic E-state index is 11.9. The van der Waals surface area contributed by atoms with Gasteiger partial charge in [0.05, 0.1) is 29.0 Å². The molecule has 0 saturated carbocycles. The lowest BCUT2D eigenvalue weighted by Crippen LogP contribution is -2.49. The number of nitrogens with one attached hydrogen (secondary N) is 1. The fourth-order valence-electron chi connectivity index (χ4n) is 5.50. The van der Waals surface area contributed by atoms with E-state index >= 15 is 0 Å². The van der Waals surface area contributed by atoms with Gasteiger partial charge >= 0.3 is 5.97 Å². The summed E-state index contributed by atoms with van der Waals surface area (Å²) in [6.45, 7) is 4.12. The number of hydrogen-bond donors (Lipinski definition) is 1. The van der Waals surface area contributed by atoms with Crippen LogP contribution in [-0.4, -0.2) is 41.0 Å². The number of carbonyl (C=O) groups is 1. The number of rotatable bonds is 5. The Morgan fingerprint density at radius 1 is 1.43 bits per heavy atom. The molecule has 150 valence electrons. The Kier molecular flexibility index (Phi) is 4.87. The summed E-state index contributed by atoms with van der Waals surface area (Å²) in [5, 5.41) is 12.4. The third-order valence-corrected chi connectivity index (χ3v) is 6.88. The van der Waals surface area contributed by atoms with E-state index in [1.165, 1.54) is 7.11 Å². The van der Waals surface area contributed by atoms with Crippen LogP contribution in [0.3, 0.4) is 0 Å². The molecule has 1 N–H and O–H groups in total. The number of esters is 1. The lowest BCUT2D eigenvalue weighted by Gasteiger charge is -2.52. The molecule has 3 heterocycles. The number of benzene rings is 1.